The lowest BCUT2D eigenvalue weighted by atomic mass is 10.2. The van der Waals surface area contributed by atoms with E-state index >= 15 is 0 Å². The molecule has 1 heterocycles. The Balaban J connectivity index is 2.07. The minimum atomic E-state index is -1.13. The lowest BCUT2D eigenvalue weighted by molar-refractivity contribution is -0.142. The Morgan fingerprint density at radius 3 is 2.20 bits per heavy atom. The van der Waals surface area contributed by atoms with Crippen LogP contribution in [0.5, 0.6) is 5.75 Å². The van der Waals surface area contributed by atoms with Gasteiger partial charge in [-0.2, -0.15) is 0 Å². The standard InChI is InChI=1S/C17H21NO7/c1-17(2,3)25-16(23)18-9-12(8-13(18)15(21)22)24-11-6-4-10(5-7-11)14(19)20/h4-7,12-13H,8-9H2,1-3H3,(H,19,20)(H,21,22). The van der Waals surface area contributed by atoms with Crippen molar-refractivity contribution in [3.63, 3.8) is 0 Å². The Morgan fingerprint density at radius 2 is 1.72 bits per heavy atom. The fraction of sp³-hybridized carbons (Fsp3) is 0.471. The zero-order valence-corrected chi connectivity index (χ0v) is 14.3. The number of carboxylic acids is 2. The number of aliphatic carboxylic acids is 1. The van der Waals surface area contributed by atoms with Crippen LogP contribution in [0.25, 0.3) is 0 Å². The minimum Gasteiger partial charge on any atom is -0.488 e. The van der Waals surface area contributed by atoms with E-state index in [1.54, 1.807) is 20.8 Å². The first-order valence-electron chi connectivity index (χ1n) is 7.79. The van der Waals surface area contributed by atoms with E-state index in [1.165, 1.54) is 24.3 Å². The number of nitrogens with zero attached hydrogens (tertiary/aromatic N) is 1. The topological polar surface area (TPSA) is 113 Å². The Kier molecular flexibility index (Phi) is 5.20. The van der Waals surface area contributed by atoms with Crippen molar-refractivity contribution in [2.45, 2.75) is 44.9 Å². The van der Waals surface area contributed by atoms with Crippen molar-refractivity contribution in [2.24, 2.45) is 0 Å². The van der Waals surface area contributed by atoms with Crippen molar-refractivity contribution in [2.75, 3.05) is 6.54 Å². The molecule has 1 aromatic rings. The minimum absolute atomic E-state index is 0.0760. The maximum atomic E-state index is 12.2. The van der Waals surface area contributed by atoms with Gasteiger partial charge in [-0.3, -0.25) is 4.90 Å². The summed E-state index contributed by atoms with van der Waals surface area (Å²) < 4.78 is 10.9. The zero-order valence-electron chi connectivity index (χ0n) is 14.3. The lowest BCUT2D eigenvalue weighted by Gasteiger charge is -2.26. The van der Waals surface area contributed by atoms with Crippen LogP contribution in [0.1, 0.15) is 37.6 Å². The van der Waals surface area contributed by atoms with Gasteiger partial charge in [-0.1, -0.05) is 0 Å². The van der Waals surface area contributed by atoms with Crippen LogP contribution < -0.4 is 4.74 Å². The highest BCUT2D eigenvalue weighted by Crippen LogP contribution is 2.25. The van der Waals surface area contributed by atoms with Crippen molar-refractivity contribution in [1.82, 2.24) is 4.90 Å². The molecule has 1 fully saturated rings. The van der Waals surface area contributed by atoms with E-state index in [2.05, 4.69) is 0 Å². The average Bonchev–Trinajstić information content (AvgIpc) is 2.90. The summed E-state index contributed by atoms with van der Waals surface area (Å²) in [5.41, 5.74) is -0.608. The molecule has 0 aliphatic carbocycles. The van der Waals surface area contributed by atoms with E-state index in [4.69, 9.17) is 14.6 Å². The maximum absolute atomic E-state index is 12.2. The summed E-state index contributed by atoms with van der Waals surface area (Å²) in [6.07, 6.45) is -1.11. The third-order valence-electron chi connectivity index (χ3n) is 3.58. The Morgan fingerprint density at radius 1 is 1.12 bits per heavy atom. The van der Waals surface area contributed by atoms with Crippen molar-refractivity contribution < 1.29 is 34.1 Å². The van der Waals surface area contributed by atoms with Gasteiger partial charge in [0, 0.05) is 6.42 Å². The molecular formula is C17H21NO7. The highest BCUT2D eigenvalue weighted by molar-refractivity contribution is 5.87. The number of aromatic carboxylic acids is 1. The van der Waals surface area contributed by atoms with Gasteiger partial charge < -0.3 is 19.7 Å². The number of rotatable bonds is 4. The highest BCUT2D eigenvalue weighted by atomic mass is 16.6. The number of hydrogen-bond acceptors (Lipinski definition) is 5. The molecule has 0 spiro atoms. The zero-order chi connectivity index (χ0) is 18.8. The number of benzene rings is 1. The monoisotopic (exact) mass is 351 g/mol. The number of likely N-dealkylation sites (tertiary alicyclic amines) is 1. The molecular weight excluding hydrogens is 330 g/mol. The second kappa shape index (κ2) is 7.00. The summed E-state index contributed by atoms with van der Waals surface area (Å²) in [5.74, 6) is -1.77. The van der Waals surface area contributed by atoms with Gasteiger partial charge in [0.05, 0.1) is 12.1 Å². The smallest absolute Gasteiger partial charge is 0.411 e. The van der Waals surface area contributed by atoms with Gasteiger partial charge in [0.25, 0.3) is 0 Å². The van der Waals surface area contributed by atoms with Gasteiger partial charge in [-0.05, 0) is 45.0 Å². The van der Waals surface area contributed by atoms with Crippen LogP contribution in [-0.2, 0) is 9.53 Å². The summed E-state index contributed by atoms with van der Waals surface area (Å²) in [6.45, 7) is 5.19. The number of carbonyl (C=O) groups is 3. The molecule has 0 aromatic heterocycles. The molecule has 2 rings (SSSR count). The summed E-state index contributed by atoms with van der Waals surface area (Å²) in [5, 5.41) is 18.2. The molecule has 0 saturated carbocycles. The van der Waals surface area contributed by atoms with Crippen LogP contribution >= 0.6 is 0 Å². The molecule has 0 bridgehead atoms. The Labute approximate surface area is 144 Å². The second-order valence-corrected chi connectivity index (χ2v) is 6.79. The molecule has 1 aromatic carbocycles. The van der Waals surface area contributed by atoms with Gasteiger partial charge in [0.15, 0.2) is 0 Å². The van der Waals surface area contributed by atoms with Crippen LogP contribution in [0, 0.1) is 0 Å². The quantitative estimate of drug-likeness (QED) is 0.855. The highest BCUT2D eigenvalue weighted by Gasteiger charge is 2.42. The van der Waals surface area contributed by atoms with Gasteiger partial charge in [-0.15, -0.1) is 0 Å². The van der Waals surface area contributed by atoms with E-state index in [0.29, 0.717) is 5.75 Å². The third-order valence-corrected chi connectivity index (χ3v) is 3.58. The van der Waals surface area contributed by atoms with Crippen LogP contribution in [0.4, 0.5) is 4.79 Å². The van der Waals surface area contributed by atoms with Gasteiger partial charge in [0.1, 0.15) is 23.5 Å². The van der Waals surface area contributed by atoms with E-state index in [-0.39, 0.29) is 18.5 Å². The predicted molar refractivity (Wildman–Crippen MR) is 86.8 cm³/mol. The van der Waals surface area contributed by atoms with E-state index in [0.717, 1.165) is 4.90 Å². The summed E-state index contributed by atoms with van der Waals surface area (Å²) >= 11 is 0. The molecule has 1 aliphatic heterocycles. The maximum Gasteiger partial charge on any atom is 0.411 e. The first-order valence-corrected chi connectivity index (χ1v) is 7.79. The summed E-state index contributed by atoms with van der Waals surface area (Å²) in [7, 11) is 0. The average molecular weight is 351 g/mol. The summed E-state index contributed by atoms with van der Waals surface area (Å²) in [4.78, 5) is 35.6. The van der Waals surface area contributed by atoms with E-state index in [9.17, 15) is 19.5 Å². The van der Waals surface area contributed by atoms with Crippen LogP contribution in [0.3, 0.4) is 0 Å². The van der Waals surface area contributed by atoms with Crippen molar-refractivity contribution >= 4 is 18.0 Å². The largest absolute Gasteiger partial charge is 0.488 e. The fourth-order valence-corrected chi connectivity index (χ4v) is 2.51. The lowest BCUT2D eigenvalue weighted by Crippen LogP contribution is -2.43. The molecule has 1 amide bonds. The number of carbonyl (C=O) groups excluding carboxylic acids is 1. The second-order valence-electron chi connectivity index (χ2n) is 6.79. The number of amides is 1. The van der Waals surface area contributed by atoms with Crippen molar-refractivity contribution in [3.05, 3.63) is 29.8 Å². The predicted octanol–water partition coefficient (Wildman–Crippen LogP) is 2.23. The third kappa shape index (κ3) is 4.85. The van der Waals surface area contributed by atoms with Crippen LogP contribution in [-0.4, -0.2) is 57.4 Å². The number of hydrogen-bond donors (Lipinski definition) is 2. The van der Waals surface area contributed by atoms with Gasteiger partial charge in [0.2, 0.25) is 0 Å². The van der Waals surface area contributed by atoms with Gasteiger partial charge >= 0.3 is 18.0 Å². The number of ether oxygens (including phenoxy) is 2. The molecule has 8 nitrogen and oxygen atoms in total. The first kappa shape index (κ1) is 18.6. The number of carboxylic acid groups (broad SMARTS) is 2. The molecule has 2 atom stereocenters. The first-order chi connectivity index (χ1) is 11.6. The molecule has 1 aliphatic rings. The molecule has 136 valence electrons. The summed E-state index contributed by atoms with van der Waals surface area (Å²) in [6, 6.07) is 4.75. The molecule has 25 heavy (non-hydrogen) atoms. The van der Waals surface area contributed by atoms with Crippen molar-refractivity contribution in [3.8, 4) is 5.75 Å². The fourth-order valence-electron chi connectivity index (χ4n) is 2.51. The Hall–Kier alpha value is -2.77. The van der Waals surface area contributed by atoms with E-state index < -0.39 is 35.8 Å². The van der Waals surface area contributed by atoms with Crippen molar-refractivity contribution in [1.29, 1.82) is 0 Å². The SMILES string of the molecule is CC(C)(C)OC(=O)N1CC(Oc2ccc(C(=O)O)cc2)CC1C(=O)O. The van der Waals surface area contributed by atoms with Crippen LogP contribution in [0.2, 0.25) is 0 Å². The molecule has 2 unspecified atom stereocenters. The molecule has 8 heteroatoms. The van der Waals surface area contributed by atoms with Gasteiger partial charge in [-0.25, -0.2) is 14.4 Å². The normalized spacial score (nSPS) is 20.2. The Bertz CT molecular complexity index is 663. The molecule has 1 saturated heterocycles. The van der Waals surface area contributed by atoms with E-state index in [1.807, 2.05) is 0 Å². The van der Waals surface area contributed by atoms with Crippen LogP contribution in [0.15, 0.2) is 24.3 Å². The molecule has 0 radical (unpaired) electrons. The molecule has 2 N–H and O–H groups in total.